The van der Waals surface area contributed by atoms with Gasteiger partial charge in [-0.15, -0.1) is 0 Å². The molecule has 4 atom stereocenters. The van der Waals surface area contributed by atoms with Crippen molar-refractivity contribution < 1.29 is 14.4 Å². The number of nitrogens with zero attached hydrogens (tertiary/aromatic N) is 1. The molecule has 2 fully saturated rings. The third-order valence-electron chi connectivity index (χ3n) is 4.86. The summed E-state index contributed by atoms with van der Waals surface area (Å²) in [5, 5.41) is 1.42. The molecule has 5 nitrogen and oxygen atoms in total. The van der Waals surface area contributed by atoms with Gasteiger partial charge in [0.1, 0.15) is 0 Å². The highest BCUT2D eigenvalue weighted by Gasteiger charge is 2.59. The van der Waals surface area contributed by atoms with E-state index in [2.05, 4.69) is 5.43 Å². The number of halogens is 2. The number of allylic oxidation sites excluding steroid dienone is 2. The number of rotatable bonds is 2. The van der Waals surface area contributed by atoms with Crippen LogP contribution in [0.25, 0.3) is 0 Å². The summed E-state index contributed by atoms with van der Waals surface area (Å²) in [6, 6.07) is 4.41. The zero-order valence-electron chi connectivity index (χ0n) is 11.8. The van der Waals surface area contributed by atoms with Gasteiger partial charge in [0.05, 0.1) is 22.4 Å². The molecule has 1 aromatic rings. The summed E-state index contributed by atoms with van der Waals surface area (Å²) in [6.45, 7) is 0. The first-order valence-electron chi connectivity index (χ1n) is 7.29. The molecule has 4 rings (SSSR count). The van der Waals surface area contributed by atoms with Crippen LogP contribution in [0, 0.1) is 23.7 Å². The van der Waals surface area contributed by atoms with Crippen molar-refractivity contribution in [3.8, 4) is 0 Å². The Bertz CT molecular complexity index is 747. The van der Waals surface area contributed by atoms with E-state index in [1.54, 1.807) is 0 Å². The second-order valence-electron chi connectivity index (χ2n) is 6.08. The lowest BCUT2D eigenvalue weighted by Gasteiger charge is -2.18. The molecular formula is C16H12Cl2N2O3. The molecule has 1 N–H and O–H groups in total. The summed E-state index contributed by atoms with van der Waals surface area (Å²) in [7, 11) is 0. The Morgan fingerprint density at radius 1 is 1.09 bits per heavy atom. The largest absolute Gasteiger partial charge is 0.272 e. The van der Waals surface area contributed by atoms with Gasteiger partial charge in [0.15, 0.2) is 0 Å². The first kappa shape index (κ1) is 14.7. The van der Waals surface area contributed by atoms with E-state index in [0.717, 1.165) is 11.4 Å². The second-order valence-corrected chi connectivity index (χ2v) is 6.92. The Labute approximate surface area is 142 Å². The predicted octanol–water partition coefficient (Wildman–Crippen LogP) is 2.45. The lowest BCUT2D eigenvalue weighted by Crippen LogP contribution is -2.47. The molecule has 0 radical (unpaired) electrons. The average molecular weight is 351 g/mol. The van der Waals surface area contributed by atoms with Crippen LogP contribution in [0.4, 0.5) is 0 Å². The molecule has 0 unspecified atom stereocenters. The number of hydrazine groups is 1. The van der Waals surface area contributed by atoms with Crippen molar-refractivity contribution in [3.63, 3.8) is 0 Å². The van der Waals surface area contributed by atoms with Crippen LogP contribution >= 0.6 is 23.2 Å². The third kappa shape index (κ3) is 2.11. The lowest BCUT2D eigenvalue weighted by molar-refractivity contribution is -0.143. The fraction of sp³-hybridized carbons (Fsp3) is 0.312. The predicted molar refractivity (Wildman–Crippen MR) is 83.5 cm³/mol. The van der Waals surface area contributed by atoms with Crippen LogP contribution in [0.2, 0.25) is 10.0 Å². The van der Waals surface area contributed by atoms with Gasteiger partial charge in [0.25, 0.3) is 17.7 Å². The monoisotopic (exact) mass is 350 g/mol. The van der Waals surface area contributed by atoms with Crippen LogP contribution < -0.4 is 5.43 Å². The smallest absolute Gasteiger partial charge is 0.271 e. The summed E-state index contributed by atoms with van der Waals surface area (Å²) >= 11 is 11.8. The minimum absolute atomic E-state index is 0.0995. The Kier molecular flexibility index (Phi) is 3.25. The van der Waals surface area contributed by atoms with Gasteiger partial charge in [-0.1, -0.05) is 35.4 Å². The average Bonchev–Trinajstić information content (AvgIpc) is 3.17. The SMILES string of the molecule is O=C(NN1C(=O)[C@@H]2[C@@H](C1=O)[C@H]1C=C[C@@H]2C1)c1ccc(Cl)cc1Cl. The maximum Gasteiger partial charge on any atom is 0.271 e. The number of imide groups is 1. The highest BCUT2D eigenvalue weighted by atomic mass is 35.5. The molecular weight excluding hydrogens is 339 g/mol. The summed E-state index contributed by atoms with van der Waals surface area (Å²) in [6.07, 6.45) is 4.84. The van der Waals surface area contributed by atoms with E-state index >= 15 is 0 Å². The number of hydrogen-bond donors (Lipinski definition) is 1. The molecule has 0 spiro atoms. The van der Waals surface area contributed by atoms with Crippen molar-refractivity contribution >= 4 is 40.9 Å². The Morgan fingerprint density at radius 3 is 2.26 bits per heavy atom. The minimum atomic E-state index is -0.603. The molecule has 1 saturated heterocycles. The van der Waals surface area contributed by atoms with Crippen LogP contribution in [0.3, 0.4) is 0 Å². The molecule has 1 saturated carbocycles. The van der Waals surface area contributed by atoms with Gasteiger partial charge in [-0.05, 0) is 36.5 Å². The molecule has 7 heteroatoms. The number of nitrogens with one attached hydrogen (secondary N) is 1. The third-order valence-corrected chi connectivity index (χ3v) is 5.41. The summed E-state index contributed by atoms with van der Waals surface area (Å²) in [5.41, 5.74) is 2.55. The first-order valence-corrected chi connectivity index (χ1v) is 8.05. The number of hydrogen-bond acceptors (Lipinski definition) is 3. The van der Waals surface area contributed by atoms with Crippen molar-refractivity contribution in [2.45, 2.75) is 6.42 Å². The van der Waals surface area contributed by atoms with Crippen molar-refractivity contribution in [2.75, 3.05) is 0 Å². The van der Waals surface area contributed by atoms with Crippen molar-refractivity contribution in [1.82, 2.24) is 10.4 Å². The van der Waals surface area contributed by atoms with Crippen molar-refractivity contribution in [2.24, 2.45) is 23.7 Å². The fourth-order valence-electron chi connectivity index (χ4n) is 3.85. The summed E-state index contributed by atoms with van der Waals surface area (Å²) in [4.78, 5) is 37.3. The van der Waals surface area contributed by atoms with Gasteiger partial charge in [-0.2, -0.15) is 5.01 Å². The fourth-order valence-corrected chi connectivity index (χ4v) is 4.34. The molecule has 2 bridgehead atoms. The topological polar surface area (TPSA) is 66.5 Å². The normalized spacial score (nSPS) is 31.0. The van der Waals surface area contributed by atoms with Gasteiger partial charge in [-0.25, -0.2) is 0 Å². The number of fused-ring (bicyclic) bond motifs is 5. The molecule has 1 aliphatic heterocycles. The van der Waals surface area contributed by atoms with E-state index in [0.29, 0.717) is 5.02 Å². The molecule has 23 heavy (non-hydrogen) atoms. The van der Waals surface area contributed by atoms with E-state index in [-0.39, 0.29) is 46.1 Å². The Hall–Kier alpha value is -1.85. The quantitative estimate of drug-likeness (QED) is 0.658. The molecule has 118 valence electrons. The van der Waals surface area contributed by atoms with E-state index in [1.165, 1.54) is 18.2 Å². The van der Waals surface area contributed by atoms with Gasteiger partial charge in [0, 0.05) is 5.02 Å². The highest BCUT2D eigenvalue weighted by Crippen LogP contribution is 2.52. The standard InChI is InChI=1S/C16H12Cl2N2O3/c17-9-3-4-10(11(18)6-9)14(21)19-20-15(22)12-7-1-2-8(5-7)13(12)16(20)23/h1-4,6-8,12-13H,5H2,(H,19,21)/t7-,8+,12-,13-/m0/s1. The summed E-state index contributed by atoms with van der Waals surface area (Å²) < 4.78 is 0. The molecule has 0 aromatic heterocycles. The van der Waals surface area contributed by atoms with E-state index in [1.807, 2.05) is 12.2 Å². The Balaban J connectivity index is 1.57. The van der Waals surface area contributed by atoms with Crippen molar-refractivity contribution in [3.05, 3.63) is 46.0 Å². The van der Waals surface area contributed by atoms with Gasteiger partial charge < -0.3 is 0 Å². The summed E-state index contributed by atoms with van der Waals surface area (Å²) in [5.74, 6) is -1.78. The minimum Gasteiger partial charge on any atom is -0.272 e. The van der Waals surface area contributed by atoms with Gasteiger partial charge in [-0.3, -0.25) is 19.8 Å². The number of benzene rings is 1. The molecule has 3 amide bonds. The van der Waals surface area contributed by atoms with Crippen LogP contribution in [0.5, 0.6) is 0 Å². The van der Waals surface area contributed by atoms with Crippen LogP contribution in [0.15, 0.2) is 30.4 Å². The molecule has 2 aliphatic carbocycles. The molecule has 1 aromatic carbocycles. The Morgan fingerprint density at radius 2 is 1.70 bits per heavy atom. The lowest BCUT2D eigenvalue weighted by atomic mass is 9.85. The molecule has 3 aliphatic rings. The van der Waals surface area contributed by atoms with Crippen LogP contribution in [-0.4, -0.2) is 22.7 Å². The maximum atomic E-state index is 12.5. The van der Waals surface area contributed by atoms with Crippen LogP contribution in [-0.2, 0) is 9.59 Å². The van der Waals surface area contributed by atoms with Crippen LogP contribution in [0.1, 0.15) is 16.8 Å². The number of carbonyl (C=O) groups is 3. The van der Waals surface area contributed by atoms with E-state index in [9.17, 15) is 14.4 Å². The second kappa shape index (κ2) is 5.08. The zero-order chi connectivity index (χ0) is 16.3. The zero-order valence-corrected chi connectivity index (χ0v) is 13.3. The number of carbonyl (C=O) groups excluding carboxylic acids is 3. The number of amides is 3. The first-order chi connectivity index (χ1) is 11.0. The maximum absolute atomic E-state index is 12.5. The van der Waals surface area contributed by atoms with Crippen molar-refractivity contribution in [1.29, 1.82) is 0 Å². The highest BCUT2D eigenvalue weighted by molar-refractivity contribution is 6.36. The van der Waals surface area contributed by atoms with Gasteiger partial charge in [0.2, 0.25) is 0 Å². The van der Waals surface area contributed by atoms with E-state index in [4.69, 9.17) is 23.2 Å². The molecule has 1 heterocycles. The van der Waals surface area contributed by atoms with Gasteiger partial charge >= 0.3 is 0 Å². The van der Waals surface area contributed by atoms with E-state index < -0.39 is 5.91 Å².